The van der Waals surface area contributed by atoms with E-state index in [-0.39, 0.29) is 5.82 Å². The molecular formula is C14H17FN2. The minimum absolute atomic E-state index is 0.343. The van der Waals surface area contributed by atoms with Crippen molar-refractivity contribution in [2.24, 2.45) is 5.92 Å². The van der Waals surface area contributed by atoms with Gasteiger partial charge < -0.3 is 4.90 Å². The number of anilines is 1. The molecule has 0 atom stereocenters. The highest BCUT2D eigenvalue weighted by Crippen LogP contribution is 2.30. The lowest BCUT2D eigenvalue weighted by molar-refractivity contribution is 0.318. The molecule has 0 bridgehead atoms. The Labute approximate surface area is 102 Å². The normalized spacial score (nSPS) is 15.1. The fourth-order valence-electron chi connectivity index (χ4n) is 2.26. The van der Waals surface area contributed by atoms with Crippen molar-refractivity contribution >= 4 is 5.69 Å². The number of halogens is 1. The van der Waals surface area contributed by atoms with E-state index in [2.05, 4.69) is 17.9 Å². The van der Waals surface area contributed by atoms with Crippen molar-refractivity contribution in [3.8, 4) is 6.07 Å². The first-order valence-corrected chi connectivity index (χ1v) is 6.19. The van der Waals surface area contributed by atoms with E-state index in [4.69, 9.17) is 5.26 Å². The molecule has 1 fully saturated rings. The Morgan fingerprint density at radius 1 is 1.47 bits per heavy atom. The van der Waals surface area contributed by atoms with Crippen LogP contribution in [0.3, 0.4) is 0 Å². The van der Waals surface area contributed by atoms with Crippen LogP contribution >= 0.6 is 0 Å². The number of nitrogens with zero attached hydrogens (tertiary/aromatic N) is 2. The van der Waals surface area contributed by atoms with Crippen LogP contribution in [0.4, 0.5) is 10.1 Å². The summed E-state index contributed by atoms with van der Waals surface area (Å²) in [5.74, 6) is 0.400. The average Bonchev–Trinajstić information content (AvgIpc) is 2.29. The molecule has 0 heterocycles. The molecule has 1 aliphatic rings. The second-order valence-corrected chi connectivity index (χ2v) is 4.61. The molecule has 1 aliphatic carbocycles. The van der Waals surface area contributed by atoms with Gasteiger partial charge in [-0.3, -0.25) is 0 Å². The molecule has 0 unspecified atom stereocenters. The van der Waals surface area contributed by atoms with Crippen LogP contribution in [0.15, 0.2) is 18.2 Å². The van der Waals surface area contributed by atoms with E-state index in [1.807, 2.05) is 0 Å². The van der Waals surface area contributed by atoms with Crippen LogP contribution in [0.5, 0.6) is 0 Å². The third-order valence-electron chi connectivity index (χ3n) is 3.50. The van der Waals surface area contributed by atoms with E-state index >= 15 is 0 Å². The fourth-order valence-corrected chi connectivity index (χ4v) is 2.26. The van der Waals surface area contributed by atoms with Gasteiger partial charge in [0, 0.05) is 13.1 Å². The van der Waals surface area contributed by atoms with Crippen LogP contribution in [0.2, 0.25) is 0 Å². The van der Waals surface area contributed by atoms with Gasteiger partial charge in [-0.15, -0.1) is 0 Å². The smallest absolute Gasteiger partial charge is 0.124 e. The Kier molecular flexibility index (Phi) is 3.63. The molecule has 0 aromatic heterocycles. The molecule has 17 heavy (non-hydrogen) atoms. The Bertz CT molecular complexity index is 432. The first-order valence-electron chi connectivity index (χ1n) is 6.19. The molecule has 0 amide bonds. The maximum atomic E-state index is 13.1. The third kappa shape index (κ3) is 2.58. The van der Waals surface area contributed by atoms with Gasteiger partial charge in [0.25, 0.3) is 0 Å². The lowest BCUT2D eigenvalue weighted by Crippen LogP contribution is -2.32. The lowest BCUT2D eigenvalue weighted by atomic mass is 9.85. The summed E-state index contributed by atoms with van der Waals surface area (Å²) in [6, 6.07) is 6.55. The molecule has 2 nitrogen and oxygen atoms in total. The van der Waals surface area contributed by atoms with Crippen molar-refractivity contribution in [1.29, 1.82) is 5.26 Å². The van der Waals surface area contributed by atoms with E-state index in [9.17, 15) is 4.39 Å². The van der Waals surface area contributed by atoms with Gasteiger partial charge in [-0.25, -0.2) is 4.39 Å². The molecule has 0 spiro atoms. The van der Waals surface area contributed by atoms with Crippen molar-refractivity contribution < 1.29 is 4.39 Å². The van der Waals surface area contributed by atoms with Crippen LogP contribution in [0.25, 0.3) is 0 Å². The SMILES string of the molecule is CCN(CC1CCC1)c1ccc(F)cc1C#N. The van der Waals surface area contributed by atoms with Crippen LogP contribution in [-0.2, 0) is 0 Å². The standard InChI is InChI=1S/C14H17FN2/c1-2-17(10-11-4-3-5-11)14-7-6-13(15)8-12(14)9-16/h6-8,11H,2-5,10H2,1H3. The van der Waals surface area contributed by atoms with Crippen LogP contribution in [0.1, 0.15) is 31.7 Å². The first-order chi connectivity index (χ1) is 8.24. The quantitative estimate of drug-likeness (QED) is 0.796. The summed E-state index contributed by atoms with van der Waals surface area (Å²) in [7, 11) is 0. The molecule has 0 saturated heterocycles. The van der Waals surface area contributed by atoms with Crippen molar-refractivity contribution in [3.63, 3.8) is 0 Å². The Balaban J connectivity index is 2.20. The van der Waals surface area contributed by atoms with Crippen molar-refractivity contribution in [2.75, 3.05) is 18.0 Å². The monoisotopic (exact) mass is 232 g/mol. The maximum absolute atomic E-state index is 13.1. The second kappa shape index (κ2) is 5.18. The Hall–Kier alpha value is -1.56. The summed E-state index contributed by atoms with van der Waals surface area (Å²) < 4.78 is 13.1. The zero-order chi connectivity index (χ0) is 12.3. The zero-order valence-corrected chi connectivity index (χ0v) is 10.1. The number of rotatable bonds is 4. The molecule has 1 saturated carbocycles. The summed E-state index contributed by atoms with van der Waals surface area (Å²) in [5.41, 5.74) is 1.30. The summed E-state index contributed by atoms with van der Waals surface area (Å²) in [5, 5.41) is 9.05. The number of hydrogen-bond donors (Lipinski definition) is 0. The van der Waals surface area contributed by atoms with Gasteiger partial charge in [-0.05, 0) is 43.9 Å². The number of benzene rings is 1. The summed E-state index contributed by atoms with van der Waals surface area (Å²) >= 11 is 0. The molecule has 2 rings (SSSR count). The zero-order valence-electron chi connectivity index (χ0n) is 10.1. The van der Waals surface area contributed by atoms with Gasteiger partial charge in [0.2, 0.25) is 0 Å². The molecule has 90 valence electrons. The Morgan fingerprint density at radius 2 is 2.24 bits per heavy atom. The van der Waals surface area contributed by atoms with E-state index in [1.54, 1.807) is 6.07 Å². The highest BCUT2D eigenvalue weighted by Gasteiger charge is 2.21. The minimum Gasteiger partial charge on any atom is -0.370 e. The fraction of sp³-hybridized carbons (Fsp3) is 0.500. The molecule has 3 heteroatoms. The van der Waals surface area contributed by atoms with Gasteiger partial charge in [0.05, 0.1) is 11.3 Å². The van der Waals surface area contributed by atoms with E-state index in [0.29, 0.717) is 5.56 Å². The van der Waals surface area contributed by atoms with Crippen LogP contribution < -0.4 is 4.90 Å². The van der Waals surface area contributed by atoms with Gasteiger partial charge in [-0.1, -0.05) is 6.42 Å². The van der Waals surface area contributed by atoms with Crippen molar-refractivity contribution in [2.45, 2.75) is 26.2 Å². The predicted octanol–water partition coefficient (Wildman–Crippen LogP) is 3.32. The minimum atomic E-state index is -0.343. The van der Waals surface area contributed by atoms with Gasteiger partial charge in [0.15, 0.2) is 0 Å². The Morgan fingerprint density at radius 3 is 2.76 bits per heavy atom. The molecule has 0 N–H and O–H groups in total. The number of nitriles is 1. The van der Waals surface area contributed by atoms with E-state index < -0.39 is 0 Å². The summed E-state index contributed by atoms with van der Waals surface area (Å²) in [6.45, 7) is 3.91. The number of hydrogen-bond acceptors (Lipinski definition) is 2. The summed E-state index contributed by atoms with van der Waals surface area (Å²) in [4.78, 5) is 2.18. The lowest BCUT2D eigenvalue weighted by Gasteiger charge is -2.33. The van der Waals surface area contributed by atoms with Gasteiger partial charge in [-0.2, -0.15) is 5.26 Å². The van der Waals surface area contributed by atoms with Gasteiger partial charge >= 0.3 is 0 Å². The second-order valence-electron chi connectivity index (χ2n) is 4.61. The van der Waals surface area contributed by atoms with Crippen LogP contribution in [0, 0.1) is 23.1 Å². The van der Waals surface area contributed by atoms with Crippen molar-refractivity contribution in [3.05, 3.63) is 29.6 Å². The van der Waals surface area contributed by atoms with Crippen LogP contribution in [-0.4, -0.2) is 13.1 Å². The van der Waals surface area contributed by atoms with Gasteiger partial charge in [0.1, 0.15) is 11.9 Å². The largest absolute Gasteiger partial charge is 0.370 e. The van der Waals surface area contributed by atoms with E-state index in [0.717, 1.165) is 24.7 Å². The topological polar surface area (TPSA) is 27.0 Å². The average molecular weight is 232 g/mol. The molecular weight excluding hydrogens is 215 g/mol. The highest BCUT2D eigenvalue weighted by molar-refractivity contribution is 5.59. The molecule has 1 aromatic rings. The first kappa shape index (κ1) is 11.9. The molecule has 1 aromatic carbocycles. The van der Waals surface area contributed by atoms with Crippen molar-refractivity contribution in [1.82, 2.24) is 0 Å². The highest BCUT2D eigenvalue weighted by atomic mass is 19.1. The molecule has 0 aliphatic heterocycles. The predicted molar refractivity (Wildman–Crippen MR) is 66.3 cm³/mol. The van der Waals surface area contributed by atoms with E-state index in [1.165, 1.54) is 31.4 Å². The molecule has 0 radical (unpaired) electrons. The third-order valence-corrected chi connectivity index (χ3v) is 3.50. The summed E-state index contributed by atoms with van der Waals surface area (Å²) in [6.07, 6.45) is 3.87. The maximum Gasteiger partial charge on any atom is 0.124 e.